The molecule has 3 rings (SSSR count). The van der Waals surface area contributed by atoms with E-state index in [1.165, 1.54) is 12.0 Å². The van der Waals surface area contributed by atoms with E-state index in [0.717, 1.165) is 11.1 Å². The number of carbonyl (C=O) groups excluding carboxylic acids is 2. The molecule has 0 aliphatic carbocycles. The molecule has 2 aromatic carbocycles. The van der Waals surface area contributed by atoms with Crippen LogP contribution in [0.5, 0.6) is 0 Å². The summed E-state index contributed by atoms with van der Waals surface area (Å²) in [6.07, 6.45) is 0. The summed E-state index contributed by atoms with van der Waals surface area (Å²) in [4.78, 5) is 26.2. The zero-order chi connectivity index (χ0) is 18.0. The van der Waals surface area contributed by atoms with Crippen molar-refractivity contribution in [3.63, 3.8) is 0 Å². The molecular formula is C20H19NO4. The lowest BCUT2D eigenvalue weighted by molar-refractivity contribution is -0.112. The second-order valence-corrected chi connectivity index (χ2v) is 5.59. The van der Waals surface area contributed by atoms with Crippen molar-refractivity contribution in [2.45, 2.75) is 6.92 Å². The summed E-state index contributed by atoms with van der Waals surface area (Å²) in [6, 6.07) is 14.6. The number of methoxy groups -OCH3 is 1. The van der Waals surface area contributed by atoms with E-state index >= 15 is 0 Å². The van der Waals surface area contributed by atoms with Crippen LogP contribution in [0.3, 0.4) is 0 Å². The summed E-state index contributed by atoms with van der Waals surface area (Å²) < 4.78 is 10.6. The van der Waals surface area contributed by atoms with Gasteiger partial charge in [-0.15, -0.1) is 0 Å². The third-order valence-electron chi connectivity index (χ3n) is 4.12. The topological polar surface area (TPSA) is 55.8 Å². The van der Waals surface area contributed by atoms with Crippen LogP contribution in [0.4, 0.5) is 5.69 Å². The molecule has 1 aliphatic rings. The lowest BCUT2D eigenvalue weighted by atomic mass is 10.0. The molecule has 0 aromatic heterocycles. The van der Waals surface area contributed by atoms with Crippen LogP contribution < -0.4 is 4.90 Å². The zero-order valence-electron chi connectivity index (χ0n) is 14.4. The first kappa shape index (κ1) is 16.8. The maximum Gasteiger partial charge on any atom is 0.337 e. The SMILES string of the molecule is CCO/C(=C1\C(=O)N(C)c2cc(C(=O)OC)ccc21)c1ccccc1. The summed E-state index contributed by atoms with van der Waals surface area (Å²) >= 11 is 0. The highest BCUT2D eigenvalue weighted by molar-refractivity contribution is 6.37. The molecular weight excluding hydrogens is 318 g/mol. The van der Waals surface area contributed by atoms with E-state index in [1.54, 1.807) is 25.2 Å². The predicted molar refractivity (Wildman–Crippen MR) is 96.1 cm³/mol. The van der Waals surface area contributed by atoms with E-state index < -0.39 is 5.97 Å². The van der Waals surface area contributed by atoms with Crippen LogP contribution in [0.1, 0.15) is 28.4 Å². The van der Waals surface area contributed by atoms with Gasteiger partial charge in [-0.25, -0.2) is 4.79 Å². The maximum atomic E-state index is 12.9. The molecule has 0 saturated heterocycles. The monoisotopic (exact) mass is 337 g/mol. The van der Waals surface area contributed by atoms with Crippen molar-refractivity contribution in [2.24, 2.45) is 0 Å². The number of carbonyl (C=O) groups is 2. The highest BCUT2D eigenvalue weighted by atomic mass is 16.5. The maximum absolute atomic E-state index is 12.9. The quantitative estimate of drug-likeness (QED) is 0.488. The van der Waals surface area contributed by atoms with Crippen molar-refractivity contribution >= 4 is 28.9 Å². The highest BCUT2D eigenvalue weighted by Crippen LogP contribution is 2.41. The van der Waals surface area contributed by atoms with Gasteiger partial charge >= 0.3 is 5.97 Å². The fourth-order valence-electron chi connectivity index (χ4n) is 2.91. The van der Waals surface area contributed by atoms with Gasteiger partial charge in [0.05, 0.1) is 30.5 Å². The van der Waals surface area contributed by atoms with E-state index in [1.807, 2.05) is 37.3 Å². The van der Waals surface area contributed by atoms with Gasteiger partial charge in [0, 0.05) is 18.2 Å². The minimum Gasteiger partial charge on any atom is -0.492 e. The van der Waals surface area contributed by atoms with Gasteiger partial charge in [-0.2, -0.15) is 0 Å². The summed E-state index contributed by atoms with van der Waals surface area (Å²) in [7, 11) is 3.02. The molecule has 0 spiro atoms. The molecule has 2 aromatic rings. The Balaban J connectivity index is 2.21. The minimum atomic E-state index is -0.436. The molecule has 0 bridgehead atoms. The number of hydrogen-bond donors (Lipinski definition) is 0. The molecule has 25 heavy (non-hydrogen) atoms. The standard InChI is InChI=1S/C20H19NO4/c1-4-25-18(13-8-6-5-7-9-13)17-15-11-10-14(20(23)24-3)12-16(15)21(2)19(17)22/h5-12H,4H2,1-3H3/b18-17-. The minimum absolute atomic E-state index is 0.163. The highest BCUT2D eigenvalue weighted by Gasteiger charge is 2.34. The predicted octanol–water partition coefficient (Wildman–Crippen LogP) is 3.35. The normalized spacial score (nSPS) is 15.0. The van der Waals surface area contributed by atoms with Crippen LogP contribution in [0.2, 0.25) is 0 Å². The molecule has 5 nitrogen and oxygen atoms in total. The molecule has 5 heteroatoms. The third-order valence-corrected chi connectivity index (χ3v) is 4.12. The number of likely N-dealkylation sites (N-methyl/N-ethyl adjacent to an activating group) is 1. The fraction of sp³-hybridized carbons (Fsp3) is 0.200. The van der Waals surface area contributed by atoms with E-state index in [4.69, 9.17) is 9.47 Å². The number of anilines is 1. The molecule has 128 valence electrons. The Bertz CT molecular complexity index is 855. The number of fused-ring (bicyclic) bond motifs is 1. The van der Waals surface area contributed by atoms with Crippen molar-refractivity contribution in [3.05, 3.63) is 65.2 Å². The molecule has 1 heterocycles. The molecule has 0 fully saturated rings. The molecule has 0 saturated carbocycles. The van der Waals surface area contributed by atoms with E-state index in [0.29, 0.717) is 29.2 Å². The van der Waals surface area contributed by atoms with Crippen LogP contribution in [0.15, 0.2) is 48.5 Å². The summed E-state index contributed by atoms with van der Waals surface area (Å²) in [5.41, 5.74) is 3.15. The van der Waals surface area contributed by atoms with Gasteiger partial charge < -0.3 is 14.4 Å². The number of rotatable bonds is 4. The van der Waals surface area contributed by atoms with Gasteiger partial charge in [-0.1, -0.05) is 36.4 Å². The first-order chi connectivity index (χ1) is 12.1. The molecule has 1 amide bonds. The Kier molecular flexibility index (Phi) is 4.57. The Morgan fingerprint density at radius 3 is 2.44 bits per heavy atom. The summed E-state index contributed by atoms with van der Waals surface area (Å²) in [5.74, 6) is -0.0528. The van der Waals surface area contributed by atoms with Crippen LogP contribution >= 0.6 is 0 Å². The van der Waals surface area contributed by atoms with E-state index in [-0.39, 0.29) is 5.91 Å². The number of hydrogen-bond acceptors (Lipinski definition) is 4. The van der Waals surface area contributed by atoms with Gasteiger partial charge in [-0.3, -0.25) is 4.79 Å². The third kappa shape index (κ3) is 2.89. The number of ether oxygens (including phenoxy) is 2. The summed E-state index contributed by atoms with van der Waals surface area (Å²) in [6.45, 7) is 2.33. The number of nitrogens with zero attached hydrogens (tertiary/aromatic N) is 1. The van der Waals surface area contributed by atoms with Gasteiger partial charge in [0.1, 0.15) is 5.76 Å². The molecule has 0 N–H and O–H groups in total. The lowest BCUT2D eigenvalue weighted by Gasteiger charge is -2.12. The summed E-state index contributed by atoms with van der Waals surface area (Å²) in [5, 5.41) is 0. The average molecular weight is 337 g/mol. The van der Waals surface area contributed by atoms with E-state index in [2.05, 4.69) is 0 Å². The zero-order valence-corrected chi connectivity index (χ0v) is 14.4. The van der Waals surface area contributed by atoms with Crippen LogP contribution in [-0.2, 0) is 14.3 Å². The van der Waals surface area contributed by atoms with Gasteiger partial charge in [0.15, 0.2) is 0 Å². The average Bonchev–Trinajstić information content (AvgIpc) is 2.90. The number of benzene rings is 2. The van der Waals surface area contributed by atoms with E-state index in [9.17, 15) is 9.59 Å². The first-order valence-electron chi connectivity index (χ1n) is 8.01. The van der Waals surface area contributed by atoms with Crippen molar-refractivity contribution in [1.29, 1.82) is 0 Å². The number of amides is 1. The molecule has 0 radical (unpaired) electrons. The Hall–Kier alpha value is -3.08. The molecule has 0 unspecified atom stereocenters. The second kappa shape index (κ2) is 6.81. The lowest BCUT2D eigenvalue weighted by Crippen LogP contribution is -2.21. The Labute approximate surface area is 146 Å². The first-order valence-corrected chi connectivity index (χ1v) is 8.01. The molecule has 0 atom stereocenters. The molecule has 1 aliphatic heterocycles. The van der Waals surface area contributed by atoms with Crippen molar-refractivity contribution in [1.82, 2.24) is 0 Å². The van der Waals surface area contributed by atoms with Crippen LogP contribution in [0.25, 0.3) is 11.3 Å². The Morgan fingerprint density at radius 1 is 1.08 bits per heavy atom. The largest absolute Gasteiger partial charge is 0.492 e. The van der Waals surface area contributed by atoms with Crippen molar-refractivity contribution in [3.8, 4) is 0 Å². The second-order valence-electron chi connectivity index (χ2n) is 5.59. The Morgan fingerprint density at radius 2 is 1.80 bits per heavy atom. The van der Waals surface area contributed by atoms with Crippen molar-refractivity contribution in [2.75, 3.05) is 25.7 Å². The smallest absolute Gasteiger partial charge is 0.337 e. The van der Waals surface area contributed by atoms with Gasteiger partial charge in [-0.05, 0) is 19.1 Å². The van der Waals surface area contributed by atoms with Crippen LogP contribution in [-0.4, -0.2) is 32.6 Å². The fourth-order valence-corrected chi connectivity index (χ4v) is 2.91. The van der Waals surface area contributed by atoms with Gasteiger partial charge in [0.2, 0.25) is 0 Å². The van der Waals surface area contributed by atoms with Crippen LogP contribution in [0, 0.1) is 0 Å². The van der Waals surface area contributed by atoms with Crippen molar-refractivity contribution < 1.29 is 19.1 Å². The number of esters is 1. The van der Waals surface area contributed by atoms with Gasteiger partial charge in [0.25, 0.3) is 5.91 Å².